The molecule has 6 aromatic rings. The van der Waals surface area contributed by atoms with Crippen LogP contribution in [0.15, 0.2) is 99.2 Å². The van der Waals surface area contributed by atoms with Gasteiger partial charge in [-0.1, -0.05) is 65.3 Å². The SMILES string of the molecule is Cn1nc2c(-c3ccc(N)cc3)c(-c3ccc(Cl)cc3)c(=O)n(Cc3ccc(-c4ccno4)cc3)n2c1=O. The Kier molecular flexibility index (Phi) is 5.69. The fraction of sp³-hybridized carbons (Fsp3) is 0.0714. The zero-order valence-electron chi connectivity index (χ0n) is 20.2. The summed E-state index contributed by atoms with van der Waals surface area (Å²) in [6, 6.07) is 23.5. The van der Waals surface area contributed by atoms with E-state index in [1.165, 1.54) is 13.9 Å². The number of benzene rings is 3. The van der Waals surface area contributed by atoms with Crippen LogP contribution in [0.3, 0.4) is 0 Å². The third-order valence-corrected chi connectivity index (χ3v) is 6.66. The van der Waals surface area contributed by atoms with Gasteiger partial charge in [0.15, 0.2) is 11.4 Å². The number of halogens is 1. The zero-order chi connectivity index (χ0) is 26.4. The van der Waals surface area contributed by atoms with Crippen LogP contribution in [0.1, 0.15) is 5.56 Å². The van der Waals surface area contributed by atoms with E-state index >= 15 is 0 Å². The molecule has 0 unspecified atom stereocenters. The van der Waals surface area contributed by atoms with Gasteiger partial charge in [-0.25, -0.2) is 14.2 Å². The minimum absolute atomic E-state index is 0.139. The van der Waals surface area contributed by atoms with E-state index in [1.807, 2.05) is 36.4 Å². The summed E-state index contributed by atoms with van der Waals surface area (Å²) < 4.78 is 9.20. The lowest BCUT2D eigenvalue weighted by atomic mass is 9.96. The van der Waals surface area contributed by atoms with Crippen LogP contribution in [0.25, 0.3) is 39.2 Å². The van der Waals surface area contributed by atoms with Crippen molar-refractivity contribution < 1.29 is 4.52 Å². The highest BCUT2D eigenvalue weighted by Gasteiger charge is 2.24. The van der Waals surface area contributed by atoms with Crippen LogP contribution in [0.4, 0.5) is 5.69 Å². The third kappa shape index (κ3) is 3.99. The number of hydrogen-bond donors (Lipinski definition) is 1. The average Bonchev–Trinajstić information content (AvgIpc) is 3.56. The molecule has 188 valence electrons. The van der Waals surface area contributed by atoms with Crippen LogP contribution >= 0.6 is 11.6 Å². The summed E-state index contributed by atoms with van der Waals surface area (Å²) in [5.41, 5.74) is 10.0. The molecule has 3 aromatic carbocycles. The lowest BCUT2D eigenvalue weighted by Crippen LogP contribution is -2.34. The Hall–Kier alpha value is -4.89. The molecule has 3 heterocycles. The lowest BCUT2D eigenvalue weighted by molar-refractivity contribution is 0.432. The molecule has 0 fully saturated rings. The van der Waals surface area contributed by atoms with Gasteiger partial charge in [-0.15, -0.1) is 5.10 Å². The van der Waals surface area contributed by atoms with Gasteiger partial charge in [-0.3, -0.25) is 4.79 Å². The minimum Gasteiger partial charge on any atom is -0.399 e. The highest BCUT2D eigenvalue weighted by atomic mass is 35.5. The van der Waals surface area contributed by atoms with E-state index in [2.05, 4.69) is 10.3 Å². The van der Waals surface area contributed by atoms with E-state index in [4.69, 9.17) is 21.9 Å². The molecule has 0 saturated carbocycles. The van der Waals surface area contributed by atoms with E-state index in [1.54, 1.807) is 55.7 Å². The Balaban J connectivity index is 1.61. The van der Waals surface area contributed by atoms with Crippen LogP contribution in [0.2, 0.25) is 5.02 Å². The molecule has 3 aromatic heterocycles. The first-order valence-electron chi connectivity index (χ1n) is 11.8. The second kappa shape index (κ2) is 9.20. The number of nitrogens with two attached hydrogens (primary N) is 1. The Labute approximate surface area is 220 Å². The molecule has 0 aliphatic carbocycles. The summed E-state index contributed by atoms with van der Waals surface area (Å²) in [5.74, 6) is 0.637. The molecule has 0 amide bonds. The smallest absolute Gasteiger partial charge is 0.365 e. The summed E-state index contributed by atoms with van der Waals surface area (Å²) >= 11 is 6.15. The number of nitrogens with zero attached hydrogens (tertiary/aromatic N) is 5. The van der Waals surface area contributed by atoms with Crippen molar-refractivity contribution in [2.45, 2.75) is 6.54 Å². The summed E-state index contributed by atoms with van der Waals surface area (Å²) in [7, 11) is 1.56. The van der Waals surface area contributed by atoms with Gasteiger partial charge in [0, 0.05) is 35.0 Å². The van der Waals surface area contributed by atoms with Crippen LogP contribution < -0.4 is 17.0 Å². The maximum absolute atomic E-state index is 14.2. The van der Waals surface area contributed by atoms with Crippen molar-refractivity contribution in [3.63, 3.8) is 0 Å². The predicted molar refractivity (Wildman–Crippen MR) is 146 cm³/mol. The zero-order valence-corrected chi connectivity index (χ0v) is 21.0. The molecular weight excluding hydrogens is 504 g/mol. The van der Waals surface area contributed by atoms with E-state index in [-0.39, 0.29) is 12.1 Å². The van der Waals surface area contributed by atoms with Crippen molar-refractivity contribution in [1.82, 2.24) is 24.1 Å². The fourth-order valence-corrected chi connectivity index (χ4v) is 4.66. The first-order chi connectivity index (χ1) is 18.4. The van der Waals surface area contributed by atoms with E-state index in [0.717, 1.165) is 11.1 Å². The van der Waals surface area contributed by atoms with E-state index < -0.39 is 5.69 Å². The van der Waals surface area contributed by atoms with E-state index in [9.17, 15) is 9.59 Å². The Morgan fingerprint density at radius 2 is 1.47 bits per heavy atom. The molecule has 0 radical (unpaired) electrons. The number of anilines is 1. The standard InChI is InChI=1S/C28H21ClN6O3/c1-33-28(37)35-26(32-33)24(19-8-12-22(30)13-9-19)25(20-6-10-21(29)11-7-20)27(36)34(35)16-17-2-4-18(5-3-17)23-14-15-31-38-23/h2-15H,16,30H2,1H3. The third-order valence-electron chi connectivity index (χ3n) is 6.41. The van der Waals surface area contributed by atoms with Crippen LogP contribution in [0.5, 0.6) is 0 Å². The normalized spacial score (nSPS) is 11.3. The van der Waals surface area contributed by atoms with E-state index in [0.29, 0.717) is 44.4 Å². The number of nitrogen functional groups attached to an aromatic ring is 1. The van der Waals surface area contributed by atoms with Crippen molar-refractivity contribution in [2.24, 2.45) is 7.05 Å². The maximum Gasteiger partial charge on any atom is 0.365 e. The van der Waals surface area contributed by atoms with Crippen molar-refractivity contribution in [3.05, 3.63) is 116 Å². The first kappa shape index (κ1) is 23.5. The molecule has 0 aliphatic rings. The summed E-state index contributed by atoms with van der Waals surface area (Å²) in [6.45, 7) is 0.139. The topological polar surface area (TPSA) is 113 Å². The van der Waals surface area contributed by atoms with Crippen molar-refractivity contribution in [3.8, 4) is 33.6 Å². The van der Waals surface area contributed by atoms with Crippen molar-refractivity contribution in [2.75, 3.05) is 5.73 Å². The molecule has 0 saturated heterocycles. The van der Waals surface area contributed by atoms with Crippen molar-refractivity contribution >= 4 is 22.9 Å². The summed E-state index contributed by atoms with van der Waals surface area (Å²) in [5, 5.41) is 8.83. The summed E-state index contributed by atoms with van der Waals surface area (Å²) in [4.78, 5) is 27.5. The molecular formula is C28H21ClN6O3. The highest BCUT2D eigenvalue weighted by Crippen LogP contribution is 2.33. The van der Waals surface area contributed by atoms with Gasteiger partial charge in [0.2, 0.25) is 0 Å². The Morgan fingerprint density at radius 3 is 2.13 bits per heavy atom. The molecule has 6 rings (SSSR count). The number of aromatic nitrogens is 5. The minimum atomic E-state index is -0.435. The average molecular weight is 525 g/mol. The lowest BCUT2D eigenvalue weighted by Gasteiger charge is -2.16. The Bertz CT molecular complexity index is 1880. The molecule has 0 aliphatic heterocycles. The number of hydrogen-bond acceptors (Lipinski definition) is 6. The highest BCUT2D eigenvalue weighted by molar-refractivity contribution is 6.30. The van der Waals surface area contributed by atoms with Gasteiger partial charge in [-0.2, -0.15) is 4.52 Å². The molecule has 0 atom stereocenters. The molecule has 9 nitrogen and oxygen atoms in total. The number of rotatable bonds is 5. The van der Waals surface area contributed by atoms with Crippen LogP contribution in [-0.2, 0) is 13.6 Å². The second-order valence-corrected chi connectivity index (χ2v) is 9.29. The molecule has 0 spiro atoms. The first-order valence-corrected chi connectivity index (χ1v) is 12.1. The number of aryl methyl sites for hydroxylation is 1. The molecule has 0 bridgehead atoms. The summed E-state index contributed by atoms with van der Waals surface area (Å²) in [6.07, 6.45) is 1.58. The monoisotopic (exact) mass is 524 g/mol. The predicted octanol–water partition coefficient (Wildman–Crippen LogP) is 4.47. The quantitative estimate of drug-likeness (QED) is 0.333. The van der Waals surface area contributed by atoms with Gasteiger partial charge in [0.05, 0.1) is 18.3 Å². The van der Waals surface area contributed by atoms with Crippen molar-refractivity contribution in [1.29, 1.82) is 0 Å². The Morgan fingerprint density at radius 1 is 0.842 bits per heavy atom. The molecule has 2 N–H and O–H groups in total. The second-order valence-electron chi connectivity index (χ2n) is 8.86. The fourth-order valence-electron chi connectivity index (χ4n) is 4.53. The maximum atomic E-state index is 14.2. The van der Waals surface area contributed by atoms with Gasteiger partial charge < -0.3 is 10.3 Å². The number of fused-ring (bicyclic) bond motifs is 1. The largest absolute Gasteiger partial charge is 0.399 e. The van der Waals surface area contributed by atoms with Gasteiger partial charge in [0.25, 0.3) is 5.56 Å². The van der Waals surface area contributed by atoms with Crippen LogP contribution in [-0.4, -0.2) is 24.1 Å². The molecule has 38 heavy (non-hydrogen) atoms. The van der Waals surface area contributed by atoms with Crippen LogP contribution in [0, 0.1) is 0 Å². The van der Waals surface area contributed by atoms with Gasteiger partial charge in [-0.05, 0) is 41.0 Å². The van der Waals surface area contributed by atoms with Gasteiger partial charge in [0.1, 0.15) is 0 Å². The molecule has 10 heteroatoms. The van der Waals surface area contributed by atoms with Gasteiger partial charge >= 0.3 is 5.69 Å².